The van der Waals surface area contributed by atoms with Gasteiger partial charge in [-0.05, 0) is 29.7 Å². The first-order valence-electron chi connectivity index (χ1n) is 6.89. The van der Waals surface area contributed by atoms with E-state index in [-0.39, 0.29) is 0 Å². The SMILES string of the molecule is CC(C)C1=CC=CN(c2ccccc2)C1.c1c[nH]cn1. The molecule has 2 aromatic rings. The summed E-state index contributed by atoms with van der Waals surface area (Å²) in [4.78, 5) is 8.70. The highest BCUT2D eigenvalue weighted by Crippen LogP contribution is 2.21. The summed E-state index contributed by atoms with van der Waals surface area (Å²) in [5.74, 6) is 0.626. The molecule has 0 unspecified atom stereocenters. The fourth-order valence-corrected chi connectivity index (χ4v) is 1.96. The van der Waals surface area contributed by atoms with Crippen LogP contribution in [0.5, 0.6) is 0 Å². The standard InChI is InChI=1S/C14H17N.C3H4N2/c1-12(2)13-7-6-10-15(11-13)14-8-4-3-5-9-14;1-2-5-3-4-1/h3-10,12H,11H2,1-2H3;1-3H,(H,4,5). The van der Waals surface area contributed by atoms with E-state index in [9.17, 15) is 0 Å². The Bertz CT molecular complexity index is 522. The van der Waals surface area contributed by atoms with Gasteiger partial charge in [-0.2, -0.15) is 0 Å². The van der Waals surface area contributed by atoms with E-state index in [4.69, 9.17) is 0 Å². The summed E-state index contributed by atoms with van der Waals surface area (Å²) in [6, 6.07) is 10.5. The molecule has 104 valence electrons. The highest BCUT2D eigenvalue weighted by molar-refractivity contribution is 5.52. The molecule has 3 rings (SSSR count). The molecule has 1 aromatic heterocycles. The highest BCUT2D eigenvalue weighted by Gasteiger charge is 2.11. The maximum atomic E-state index is 3.67. The number of aromatic nitrogens is 2. The maximum absolute atomic E-state index is 3.67. The topological polar surface area (TPSA) is 31.9 Å². The Morgan fingerprint density at radius 1 is 1.20 bits per heavy atom. The molecular formula is C17H21N3. The molecule has 3 nitrogen and oxygen atoms in total. The number of imidazole rings is 1. The number of nitrogens with zero attached hydrogens (tertiary/aromatic N) is 2. The number of rotatable bonds is 2. The number of allylic oxidation sites excluding steroid dienone is 2. The van der Waals surface area contributed by atoms with E-state index in [0.717, 1.165) is 6.54 Å². The van der Waals surface area contributed by atoms with Crippen LogP contribution in [0.3, 0.4) is 0 Å². The molecule has 1 aromatic carbocycles. The van der Waals surface area contributed by atoms with Crippen LogP contribution in [0.1, 0.15) is 13.8 Å². The Morgan fingerprint density at radius 3 is 2.55 bits per heavy atom. The van der Waals surface area contributed by atoms with Gasteiger partial charge in [-0.1, -0.05) is 38.1 Å². The molecule has 1 N–H and O–H groups in total. The summed E-state index contributed by atoms with van der Waals surface area (Å²) in [5, 5.41) is 0. The van der Waals surface area contributed by atoms with Gasteiger partial charge in [0.25, 0.3) is 0 Å². The zero-order chi connectivity index (χ0) is 14.2. The second kappa shape index (κ2) is 7.34. The lowest BCUT2D eigenvalue weighted by atomic mass is 10.0. The van der Waals surface area contributed by atoms with E-state index in [2.05, 4.69) is 77.4 Å². The van der Waals surface area contributed by atoms with E-state index in [1.807, 2.05) is 0 Å². The Labute approximate surface area is 120 Å². The van der Waals surface area contributed by atoms with Gasteiger partial charge in [0.1, 0.15) is 0 Å². The van der Waals surface area contributed by atoms with Crippen molar-refractivity contribution in [3.8, 4) is 0 Å². The second-order valence-electron chi connectivity index (χ2n) is 4.96. The summed E-state index contributed by atoms with van der Waals surface area (Å²) >= 11 is 0. The average Bonchev–Trinajstić information content (AvgIpc) is 3.08. The molecule has 3 heteroatoms. The van der Waals surface area contributed by atoms with Gasteiger partial charge >= 0.3 is 0 Å². The van der Waals surface area contributed by atoms with Crippen LogP contribution >= 0.6 is 0 Å². The number of hydrogen-bond acceptors (Lipinski definition) is 2. The van der Waals surface area contributed by atoms with Crippen LogP contribution in [0.15, 0.2) is 73.0 Å². The van der Waals surface area contributed by atoms with E-state index in [1.165, 1.54) is 11.3 Å². The van der Waals surface area contributed by atoms with Crippen LogP contribution in [0.25, 0.3) is 0 Å². The Morgan fingerprint density at radius 2 is 2.00 bits per heavy atom. The molecule has 0 aliphatic carbocycles. The monoisotopic (exact) mass is 267 g/mol. The predicted octanol–water partition coefficient (Wildman–Crippen LogP) is 4.01. The van der Waals surface area contributed by atoms with Crippen molar-refractivity contribution in [3.63, 3.8) is 0 Å². The van der Waals surface area contributed by atoms with Crippen LogP contribution in [0.4, 0.5) is 5.69 Å². The van der Waals surface area contributed by atoms with Crippen molar-refractivity contribution in [3.05, 3.63) is 73.0 Å². The van der Waals surface area contributed by atoms with Crippen molar-refractivity contribution < 1.29 is 0 Å². The first-order valence-corrected chi connectivity index (χ1v) is 6.89. The van der Waals surface area contributed by atoms with E-state index in [0.29, 0.717) is 5.92 Å². The number of aromatic amines is 1. The summed E-state index contributed by atoms with van der Waals surface area (Å²) in [6.45, 7) is 5.50. The molecule has 0 fully saturated rings. The van der Waals surface area contributed by atoms with Crippen LogP contribution in [-0.4, -0.2) is 16.5 Å². The first-order chi connectivity index (χ1) is 9.77. The largest absolute Gasteiger partial charge is 0.351 e. The summed E-state index contributed by atoms with van der Waals surface area (Å²) < 4.78 is 0. The minimum atomic E-state index is 0.626. The second-order valence-corrected chi connectivity index (χ2v) is 4.96. The molecule has 0 saturated heterocycles. The number of benzene rings is 1. The minimum absolute atomic E-state index is 0.626. The number of H-pyrrole nitrogens is 1. The normalized spacial score (nSPS) is 13.8. The number of nitrogens with one attached hydrogen (secondary N) is 1. The lowest BCUT2D eigenvalue weighted by Crippen LogP contribution is -2.23. The zero-order valence-corrected chi connectivity index (χ0v) is 12.0. The number of anilines is 1. The van der Waals surface area contributed by atoms with E-state index >= 15 is 0 Å². The highest BCUT2D eigenvalue weighted by atomic mass is 15.1. The van der Waals surface area contributed by atoms with Gasteiger partial charge in [0.05, 0.1) is 6.33 Å². The Kier molecular flexibility index (Phi) is 5.18. The van der Waals surface area contributed by atoms with Crippen molar-refractivity contribution in [1.82, 2.24) is 9.97 Å². The van der Waals surface area contributed by atoms with Crippen molar-refractivity contribution in [1.29, 1.82) is 0 Å². The Hall–Kier alpha value is -2.29. The van der Waals surface area contributed by atoms with Crippen molar-refractivity contribution >= 4 is 5.69 Å². The van der Waals surface area contributed by atoms with Gasteiger partial charge in [0.2, 0.25) is 0 Å². The lowest BCUT2D eigenvalue weighted by Gasteiger charge is -2.26. The molecule has 0 amide bonds. The Balaban J connectivity index is 0.000000247. The number of hydrogen-bond donors (Lipinski definition) is 1. The summed E-state index contributed by atoms with van der Waals surface area (Å²) in [7, 11) is 0. The van der Waals surface area contributed by atoms with Crippen LogP contribution < -0.4 is 4.90 Å². The maximum Gasteiger partial charge on any atom is 0.0919 e. The molecule has 0 saturated carbocycles. The molecular weight excluding hydrogens is 246 g/mol. The van der Waals surface area contributed by atoms with Gasteiger partial charge in [0.15, 0.2) is 0 Å². The quantitative estimate of drug-likeness (QED) is 0.891. The smallest absolute Gasteiger partial charge is 0.0919 e. The molecule has 0 radical (unpaired) electrons. The van der Waals surface area contributed by atoms with Gasteiger partial charge < -0.3 is 9.88 Å². The van der Waals surface area contributed by atoms with Crippen molar-refractivity contribution in [2.75, 3.05) is 11.4 Å². The van der Waals surface area contributed by atoms with Gasteiger partial charge in [0, 0.05) is 30.8 Å². The predicted molar refractivity (Wildman–Crippen MR) is 84.4 cm³/mol. The zero-order valence-electron chi connectivity index (χ0n) is 12.0. The van der Waals surface area contributed by atoms with Gasteiger partial charge in [-0.15, -0.1) is 0 Å². The molecule has 0 bridgehead atoms. The van der Waals surface area contributed by atoms with Crippen LogP contribution in [-0.2, 0) is 0 Å². The number of para-hydroxylation sites is 1. The summed E-state index contributed by atoms with van der Waals surface area (Å²) in [5.41, 5.74) is 2.75. The minimum Gasteiger partial charge on any atom is -0.351 e. The fraction of sp³-hybridized carbons (Fsp3) is 0.235. The molecule has 1 aliphatic rings. The van der Waals surface area contributed by atoms with Crippen LogP contribution in [0.2, 0.25) is 0 Å². The fourth-order valence-electron chi connectivity index (χ4n) is 1.96. The third-order valence-corrected chi connectivity index (χ3v) is 3.16. The van der Waals surface area contributed by atoms with Gasteiger partial charge in [-0.25, -0.2) is 4.98 Å². The van der Waals surface area contributed by atoms with Crippen LogP contribution in [0, 0.1) is 5.92 Å². The molecule has 0 spiro atoms. The molecule has 1 aliphatic heterocycles. The third-order valence-electron chi connectivity index (χ3n) is 3.16. The lowest BCUT2D eigenvalue weighted by molar-refractivity contribution is 0.733. The van der Waals surface area contributed by atoms with Crippen molar-refractivity contribution in [2.45, 2.75) is 13.8 Å². The average molecular weight is 267 g/mol. The van der Waals surface area contributed by atoms with Gasteiger partial charge in [-0.3, -0.25) is 0 Å². The van der Waals surface area contributed by atoms with E-state index < -0.39 is 0 Å². The van der Waals surface area contributed by atoms with Crippen molar-refractivity contribution in [2.24, 2.45) is 5.92 Å². The molecule has 0 atom stereocenters. The third kappa shape index (κ3) is 4.12. The van der Waals surface area contributed by atoms with E-state index in [1.54, 1.807) is 18.7 Å². The first kappa shape index (κ1) is 14.1. The molecule has 20 heavy (non-hydrogen) atoms. The summed E-state index contributed by atoms with van der Waals surface area (Å²) in [6.07, 6.45) is 11.6. The molecule has 2 heterocycles.